The van der Waals surface area contributed by atoms with E-state index in [1.54, 1.807) is 0 Å². The molecule has 1 aliphatic heterocycles. The van der Waals surface area contributed by atoms with Gasteiger partial charge in [-0.2, -0.15) is 0 Å². The van der Waals surface area contributed by atoms with Gasteiger partial charge < -0.3 is 10.2 Å². The number of likely N-dealkylation sites (N-methyl/N-ethyl adjacent to an activating group) is 1. The molecule has 8 nitrogen and oxygen atoms in total. The minimum Gasteiger partial charge on any atom is -0.378 e. The Bertz CT molecular complexity index is 654. The summed E-state index contributed by atoms with van der Waals surface area (Å²) < 4.78 is 0. The second kappa shape index (κ2) is 6.47. The molecule has 0 aromatic heterocycles. The van der Waals surface area contributed by atoms with E-state index in [1.165, 1.54) is 7.05 Å². The average Bonchev–Trinajstić information content (AvgIpc) is 2.71. The summed E-state index contributed by atoms with van der Waals surface area (Å²) in [6.07, 6.45) is 0. The lowest BCUT2D eigenvalue weighted by Crippen LogP contribution is -2.40. The number of imide groups is 2. The summed E-state index contributed by atoms with van der Waals surface area (Å²) in [7, 11) is 5.06. The molecule has 23 heavy (non-hydrogen) atoms. The van der Waals surface area contributed by atoms with Crippen molar-refractivity contribution in [3.63, 3.8) is 0 Å². The number of urea groups is 1. The van der Waals surface area contributed by atoms with Crippen LogP contribution in [0.4, 0.5) is 10.5 Å². The van der Waals surface area contributed by atoms with Gasteiger partial charge in [-0.25, -0.2) is 9.69 Å². The zero-order chi connectivity index (χ0) is 17.1. The van der Waals surface area contributed by atoms with E-state index in [1.807, 2.05) is 43.3 Å². The molecule has 1 N–H and O–H groups in total. The minimum absolute atomic E-state index is 0.270. The first kappa shape index (κ1) is 16.5. The van der Waals surface area contributed by atoms with Gasteiger partial charge in [0, 0.05) is 33.4 Å². The zero-order valence-electron chi connectivity index (χ0n) is 13.2. The fourth-order valence-electron chi connectivity index (χ4n) is 2.07. The van der Waals surface area contributed by atoms with Crippen LogP contribution in [0, 0.1) is 0 Å². The number of rotatable bonds is 5. The molecule has 8 heteroatoms. The molecule has 1 heterocycles. The maximum Gasteiger partial charge on any atom is 0.334 e. The van der Waals surface area contributed by atoms with Gasteiger partial charge in [-0.3, -0.25) is 19.3 Å². The van der Waals surface area contributed by atoms with Crippen LogP contribution in [0.1, 0.15) is 5.56 Å². The molecule has 1 aliphatic rings. The first-order valence-electron chi connectivity index (χ1n) is 6.97. The molecule has 1 aromatic rings. The molecule has 0 unspecified atom stereocenters. The average molecular weight is 318 g/mol. The number of nitrogens with zero attached hydrogens (tertiary/aromatic N) is 3. The van der Waals surface area contributed by atoms with E-state index in [9.17, 15) is 19.2 Å². The van der Waals surface area contributed by atoms with Crippen LogP contribution >= 0.6 is 0 Å². The number of carbonyl (C=O) groups excluding carboxylic acids is 4. The Kier molecular flexibility index (Phi) is 4.63. The highest BCUT2D eigenvalue weighted by Crippen LogP contribution is 2.12. The Hall–Kier alpha value is -2.90. The molecule has 0 saturated carbocycles. The van der Waals surface area contributed by atoms with Crippen molar-refractivity contribution in [2.24, 2.45) is 0 Å². The molecule has 1 saturated heterocycles. The summed E-state index contributed by atoms with van der Waals surface area (Å²) in [6, 6.07) is 6.80. The molecule has 0 aliphatic carbocycles. The van der Waals surface area contributed by atoms with E-state index < -0.39 is 30.3 Å². The standard InChI is InChI=1S/C15H18N4O4/c1-17(2)11-6-4-10(5-7-11)8-16-12(20)9-19-14(22)13(21)18(3)15(19)23/h4-7H,8-9H2,1-3H3,(H,16,20). The summed E-state index contributed by atoms with van der Waals surface area (Å²) in [5.41, 5.74) is 1.92. The largest absolute Gasteiger partial charge is 0.378 e. The quantitative estimate of drug-likeness (QED) is 0.599. The van der Waals surface area contributed by atoms with Crippen LogP contribution in [0.15, 0.2) is 24.3 Å². The molecule has 122 valence electrons. The van der Waals surface area contributed by atoms with Crippen LogP contribution in [0.2, 0.25) is 0 Å². The summed E-state index contributed by atoms with van der Waals surface area (Å²) in [5, 5.41) is 2.62. The third-order valence-electron chi connectivity index (χ3n) is 3.49. The highest BCUT2D eigenvalue weighted by molar-refractivity contribution is 6.44. The normalized spacial score (nSPS) is 14.5. The molecule has 0 bridgehead atoms. The third-order valence-corrected chi connectivity index (χ3v) is 3.49. The van der Waals surface area contributed by atoms with Crippen LogP contribution in [0.3, 0.4) is 0 Å². The number of carbonyl (C=O) groups is 4. The molecule has 1 fully saturated rings. The van der Waals surface area contributed by atoms with Gasteiger partial charge in [0.1, 0.15) is 6.54 Å². The molecule has 0 radical (unpaired) electrons. The first-order chi connectivity index (χ1) is 10.8. The Morgan fingerprint density at radius 3 is 2.17 bits per heavy atom. The van der Waals surface area contributed by atoms with E-state index in [0.717, 1.165) is 11.3 Å². The Morgan fingerprint density at radius 1 is 1.09 bits per heavy atom. The Labute approximate surface area is 133 Å². The second-order valence-electron chi connectivity index (χ2n) is 5.38. The van der Waals surface area contributed by atoms with Gasteiger partial charge in [0.15, 0.2) is 0 Å². The lowest BCUT2D eigenvalue weighted by atomic mass is 10.2. The van der Waals surface area contributed by atoms with Gasteiger partial charge in [-0.15, -0.1) is 0 Å². The van der Waals surface area contributed by atoms with Crippen molar-refractivity contribution in [1.82, 2.24) is 15.1 Å². The number of hydrogen-bond acceptors (Lipinski definition) is 5. The highest BCUT2D eigenvalue weighted by atomic mass is 16.2. The lowest BCUT2D eigenvalue weighted by Gasteiger charge is -2.14. The van der Waals surface area contributed by atoms with Crippen LogP contribution in [-0.2, 0) is 20.9 Å². The first-order valence-corrected chi connectivity index (χ1v) is 6.97. The number of anilines is 1. The number of nitrogens with one attached hydrogen (secondary N) is 1. The summed E-state index contributed by atoms with van der Waals surface area (Å²) in [5.74, 6) is -2.42. The maximum absolute atomic E-state index is 11.9. The predicted molar refractivity (Wildman–Crippen MR) is 82.5 cm³/mol. The van der Waals surface area contributed by atoms with Gasteiger partial charge in [-0.1, -0.05) is 12.1 Å². The van der Waals surface area contributed by atoms with Crippen molar-refractivity contribution in [1.29, 1.82) is 0 Å². The van der Waals surface area contributed by atoms with Gasteiger partial charge in [0.05, 0.1) is 0 Å². The van der Waals surface area contributed by atoms with Crippen LogP contribution < -0.4 is 10.2 Å². The maximum atomic E-state index is 11.9. The minimum atomic E-state index is -0.983. The van der Waals surface area contributed by atoms with Gasteiger partial charge >= 0.3 is 17.8 Å². The third kappa shape index (κ3) is 3.47. The lowest BCUT2D eigenvalue weighted by molar-refractivity contribution is -0.143. The van der Waals surface area contributed by atoms with Crippen molar-refractivity contribution in [2.45, 2.75) is 6.54 Å². The topological polar surface area (TPSA) is 90.0 Å². The van der Waals surface area contributed by atoms with E-state index in [0.29, 0.717) is 9.80 Å². The van der Waals surface area contributed by atoms with E-state index in [-0.39, 0.29) is 6.54 Å². The Morgan fingerprint density at radius 2 is 1.70 bits per heavy atom. The molecule has 0 spiro atoms. The summed E-state index contributed by atoms with van der Waals surface area (Å²) in [4.78, 5) is 49.7. The zero-order valence-corrected chi connectivity index (χ0v) is 13.2. The van der Waals surface area contributed by atoms with E-state index in [2.05, 4.69) is 5.32 Å². The van der Waals surface area contributed by atoms with Crippen LogP contribution in [-0.4, -0.2) is 61.2 Å². The van der Waals surface area contributed by atoms with E-state index >= 15 is 0 Å². The molecule has 5 amide bonds. The van der Waals surface area contributed by atoms with E-state index in [4.69, 9.17) is 0 Å². The highest BCUT2D eigenvalue weighted by Gasteiger charge is 2.42. The summed E-state index contributed by atoms with van der Waals surface area (Å²) >= 11 is 0. The van der Waals surface area contributed by atoms with Crippen molar-refractivity contribution >= 4 is 29.4 Å². The molecular weight excluding hydrogens is 300 g/mol. The second-order valence-corrected chi connectivity index (χ2v) is 5.38. The fraction of sp³-hybridized carbons (Fsp3) is 0.333. The van der Waals surface area contributed by atoms with Gasteiger partial charge in [-0.05, 0) is 17.7 Å². The van der Waals surface area contributed by atoms with Crippen molar-refractivity contribution < 1.29 is 19.2 Å². The molecular formula is C15H18N4O4. The molecule has 2 rings (SSSR count). The Balaban J connectivity index is 1.89. The SMILES string of the molecule is CN1C(=O)C(=O)N(CC(=O)NCc2ccc(N(C)C)cc2)C1=O. The number of amides is 5. The molecule has 0 atom stereocenters. The monoisotopic (exact) mass is 318 g/mol. The number of benzene rings is 1. The predicted octanol–water partition coefficient (Wildman–Crippen LogP) is -0.211. The van der Waals surface area contributed by atoms with Crippen molar-refractivity contribution in [3.8, 4) is 0 Å². The van der Waals surface area contributed by atoms with Crippen molar-refractivity contribution in [2.75, 3.05) is 32.6 Å². The van der Waals surface area contributed by atoms with Gasteiger partial charge in [0.2, 0.25) is 5.91 Å². The van der Waals surface area contributed by atoms with Crippen molar-refractivity contribution in [3.05, 3.63) is 29.8 Å². The molecule has 1 aromatic carbocycles. The van der Waals surface area contributed by atoms with Crippen LogP contribution in [0.5, 0.6) is 0 Å². The van der Waals surface area contributed by atoms with Gasteiger partial charge in [0.25, 0.3) is 0 Å². The van der Waals surface area contributed by atoms with Crippen LogP contribution in [0.25, 0.3) is 0 Å². The summed E-state index contributed by atoms with van der Waals surface area (Å²) in [6.45, 7) is -0.198. The smallest absolute Gasteiger partial charge is 0.334 e. The number of hydrogen-bond donors (Lipinski definition) is 1. The fourth-order valence-corrected chi connectivity index (χ4v) is 2.07.